The molecular formula is C48H93NO5. The molecule has 0 aromatic heterocycles. The van der Waals surface area contributed by atoms with Gasteiger partial charge in [-0.2, -0.15) is 0 Å². The summed E-state index contributed by atoms with van der Waals surface area (Å²) in [6, 6.07) is 0. The Bertz CT molecular complexity index is 814. The van der Waals surface area contributed by atoms with E-state index in [9.17, 15) is 14.7 Å². The van der Waals surface area contributed by atoms with Gasteiger partial charge in [0.1, 0.15) is 6.10 Å². The first kappa shape index (κ1) is 50.9. The largest absolute Gasteiger partial charge is 0.466 e. The van der Waals surface area contributed by atoms with Crippen molar-refractivity contribution in [1.29, 1.82) is 0 Å². The fourth-order valence-corrected chi connectivity index (χ4v) is 8.04. The molecule has 0 aromatic rings. The van der Waals surface area contributed by atoms with Gasteiger partial charge in [0.15, 0.2) is 0 Å². The molecule has 0 bridgehead atoms. The van der Waals surface area contributed by atoms with E-state index in [0.717, 1.165) is 71.0 Å². The van der Waals surface area contributed by atoms with Crippen molar-refractivity contribution < 1.29 is 24.2 Å². The molecule has 6 nitrogen and oxygen atoms in total. The molecule has 54 heavy (non-hydrogen) atoms. The van der Waals surface area contributed by atoms with E-state index >= 15 is 0 Å². The number of unbranched alkanes of at least 4 members (excludes halogenated alkanes) is 23. The Hall–Kier alpha value is -1.14. The van der Waals surface area contributed by atoms with Crippen LogP contribution >= 0.6 is 0 Å². The fourth-order valence-electron chi connectivity index (χ4n) is 8.04. The fraction of sp³-hybridized carbons (Fsp3) is 0.958. The van der Waals surface area contributed by atoms with Gasteiger partial charge in [-0.05, 0) is 109 Å². The van der Waals surface area contributed by atoms with Gasteiger partial charge in [-0.1, -0.05) is 156 Å². The average Bonchev–Trinajstić information content (AvgIpc) is 3.93. The second kappa shape index (κ2) is 37.4. The molecule has 0 heterocycles. The maximum atomic E-state index is 13.2. The Morgan fingerprint density at radius 2 is 0.981 bits per heavy atom. The first-order chi connectivity index (χ1) is 26.5. The maximum Gasteiger partial charge on any atom is 0.306 e. The van der Waals surface area contributed by atoms with Gasteiger partial charge in [0.2, 0.25) is 0 Å². The monoisotopic (exact) mass is 764 g/mol. The van der Waals surface area contributed by atoms with Crippen LogP contribution in [-0.4, -0.2) is 60.9 Å². The van der Waals surface area contributed by atoms with E-state index in [-0.39, 0.29) is 30.1 Å². The lowest BCUT2D eigenvalue weighted by Crippen LogP contribution is -2.27. The van der Waals surface area contributed by atoms with Crippen LogP contribution in [0, 0.1) is 5.41 Å². The molecule has 1 fully saturated rings. The molecule has 320 valence electrons. The minimum Gasteiger partial charge on any atom is -0.466 e. The van der Waals surface area contributed by atoms with Crippen molar-refractivity contribution >= 4 is 11.9 Å². The molecular weight excluding hydrogens is 671 g/mol. The summed E-state index contributed by atoms with van der Waals surface area (Å²) in [4.78, 5) is 27.8. The third-order valence-corrected chi connectivity index (χ3v) is 12.0. The highest BCUT2D eigenvalue weighted by atomic mass is 16.5. The van der Waals surface area contributed by atoms with Crippen LogP contribution in [0.25, 0.3) is 0 Å². The molecule has 0 amide bonds. The number of nitrogens with zero attached hydrogens (tertiary/aromatic N) is 1. The van der Waals surface area contributed by atoms with E-state index in [1.807, 2.05) is 0 Å². The number of carbonyl (C=O) groups is 2. The Balaban J connectivity index is 2.25. The topological polar surface area (TPSA) is 76.1 Å². The minimum atomic E-state index is -0.0156. The van der Waals surface area contributed by atoms with Gasteiger partial charge in [0, 0.05) is 13.0 Å². The summed E-state index contributed by atoms with van der Waals surface area (Å²) in [6.45, 7) is 11.0. The smallest absolute Gasteiger partial charge is 0.306 e. The van der Waals surface area contributed by atoms with Gasteiger partial charge in [-0.25, -0.2) is 0 Å². The Kier molecular flexibility index (Phi) is 35.3. The van der Waals surface area contributed by atoms with Crippen LogP contribution in [-0.2, 0) is 19.1 Å². The van der Waals surface area contributed by atoms with Gasteiger partial charge in [-0.3, -0.25) is 9.59 Å². The highest BCUT2D eigenvalue weighted by molar-refractivity contribution is 5.71. The zero-order chi connectivity index (χ0) is 39.2. The zero-order valence-electron chi connectivity index (χ0n) is 36.6. The first-order valence-corrected chi connectivity index (χ1v) is 24.2. The van der Waals surface area contributed by atoms with E-state index in [1.54, 1.807) is 0 Å². The third-order valence-electron chi connectivity index (χ3n) is 12.0. The van der Waals surface area contributed by atoms with Crippen molar-refractivity contribution in [2.45, 2.75) is 258 Å². The molecule has 0 aliphatic heterocycles. The van der Waals surface area contributed by atoms with Crippen LogP contribution in [0.3, 0.4) is 0 Å². The van der Waals surface area contributed by atoms with Crippen molar-refractivity contribution in [3.05, 3.63) is 0 Å². The number of hydrogen-bond acceptors (Lipinski definition) is 6. The van der Waals surface area contributed by atoms with E-state index in [2.05, 4.69) is 25.7 Å². The summed E-state index contributed by atoms with van der Waals surface area (Å²) < 4.78 is 11.7. The highest BCUT2D eigenvalue weighted by Gasteiger charge is 2.44. The van der Waals surface area contributed by atoms with Gasteiger partial charge >= 0.3 is 11.9 Å². The van der Waals surface area contributed by atoms with Crippen LogP contribution in [0.5, 0.6) is 0 Å². The number of hydrogen-bond donors (Lipinski definition) is 1. The first-order valence-electron chi connectivity index (χ1n) is 24.2. The van der Waals surface area contributed by atoms with Crippen molar-refractivity contribution in [3.8, 4) is 0 Å². The van der Waals surface area contributed by atoms with Crippen LogP contribution < -0.4 is 0 Å². The van der Waals surface area contributed by atoms with Crippen LogP contribution in [0.15, 0.2) is 0 Å². The van der Waals surface area contributed by atoms with Gasteiger partial charge in [-0.15, -0.1) is 0 Å². The average molecular weight is 764 g/mol. The zero-order valence-corrected chi connectivity index (χ0v) is 36.6. The summed E-state index contributed by atoms with van der Waals surface area (Å²) in [5.74, 6) is 0.0579. The summed E-state index contributed by atoms with van der Waals surface area (Å²) in [5, 5.41) is 9.32. The van der Waals surface area contributed by atoms with E-state index < -0.39 is 0 Å². The van der Waals surface area contributed by atoms with Crippen molar-refractivity contribution in [2.24, 2.45) is 5.41 Å². The van der Waals surface area contributed by atoms with Gasteiger partial charge in [0.05, 0.1) is 13.0 Å². The van der Waals surface area contributed by atoms with Crippen molar-refractivity contribution in [2.75, 3.05) is 32.8 Å². The lowest BCUT2D eigenvalue weighted by atomic mass is 9.94. The Morgan fingerprint density at radius 3 is 1.50 bits per heavy atom. The number of esters is 2. The molecule has 0 aromatic carbocycles. The minimum absolute atomic E-state index is 0.0156. The number of aliphatic hydroxyl groups excluding tert-OH is 1. The Labute approximate surface area is 336 Å². The Morgan fingerprint density at radius 1 is 0.537 bits per heavy atom. The molecule has 1 N–H and O–H groups in total. The summed E-state index contributed by atoms with van der Waals surface area (Å²) >= 11 is 0. The quantitative estimate of drug-likeness (QED) is 0.0492. The summed E-state index contributed by atoms with van der Waals surface area (Å²) in [7, 11) is 0. The SMILES string of the molecule is CCCCCCCCCC(=O)OCCCCCCCN(CCCCO)CCCCCC1(CC(=O)OC(CCCCCCCC)CCCCCCCC)CC1. The van der Waals surface area contributed by atoms with E-state index in [1.165, 1.54) is 167 Å². The normalized spacial score (nSPS) is 13.6. The lowest BCUT2D eigenvalue weighted by molar-refractivity contribution is -0.151. The summed E-state index contributed by atoms with van der Waals surface area (Å²) in [5.41, 5.74) is 0.217. The van der Waals surface area contributed by atoms with E-state index in [4.69, 9.17) is 9.47 Å². The molecule has 0 unspecified atom stereocenters. The van der Waals surface area contributed by atoms with Crippen LogP contribution in [0.2, 0.25) is 0 Å². The van der Waals surface area contributed by atoms with Gasteiger partial charge < -0.3 is 19.5 Å². The molecule has 1 saturated carbocycles. The predicted octanol–water partition coefficient (Wildman–Crippen LogP) is 13.8. The van der Waals surface area contributed by atoms with Crippen molar-refractivity contribution in [1.82, 2.24) is 4.90 Å². The molecule has 0 spiro atoms. The second-order valence-corrected chi connectivity index (χ2v) is 17.3. The number of carbonyl (C=O) groups excluding carboxylic acids is 2. The molecule has 1 aliphatic rings. The summed E-state index contributed by atoms with van der Waals surface area (Å²) in [6.07, 6.45) is 42.3. The van der Waals surface area contributed by atoms with Crippen LogP contribution in [0.4, 0.5) is 0 Å². The van der Waals surface area contributed by atoms with E-state index in [0.29, 0.717) is 19.4 Å². The maximum absolute atomic E-state index is 13.2. The standard InChI is InChI=1S/C48H93NO5/c1-4-7-10-13-16-20-26-35-46(51)53-43-32-22-17-21-28-39-49(41-30-31-42-50)40-29-23-27-36-48(37-38-48)44-47(52)54-45(33-24-18-14-11-8-5-2)34-25-19-15-12-9-6-3/h45,50H,4-44H2,1-3H3. The molecule has 0 radical (unpaired) electrons. The van der Waals surface area contributed by atoms with Crippen LogP contribution in [0.1, 0.15) is 252 Å². The highest BCUT2D eigenvalue weighted by Crippen LogP contribution is 2.53. The van der Waals surface area contributed by atoms with Crippen molar-refractivity contribution in [3.63, 3.8) is 0 Å². The molecule has 1 rings (SSSR count). The number of ether oxygens (including phenoxy) is 2. The number of rotatable bonds is 43. The number of aliphatic hydroxyl groups is 1. The predicted molar refractivity (Wildman–Crippen MR) is 230 cm³/mol. The molecule has 0 atom stereocenters. The molecule has 6 heteroatoms. The van der Waals surface area contributed by atoms with Gasteiger partial charge in [0.25, 0.3) is 0 Å². The molecule has 1 aliphatic carbocycles. The lowest BCUT2D eigenvalue weighted by Gasteiger charge is -2.23. The second-order valence-electron chi connectivity index (χ2n) is 17.3. The third kappa shape index (κ3) is 32.0. The molecule has 0 saturated heterocycles.